The maximum absolute atomic E-state index is 5.66. The molecule has 2 fully saturated rings. The predicted octanol–water partition coefficient (Wildman–Crippen LogP) is 1.84. The van der Waals surface area contributed by atoms with E-state index in [0.29, 0.717) is 12.1 Å². The average molecular weight is 310 g/mol. The number of ether oxygens (including phenoxy) is 1. The van der Waals surface area contributed by atoms with Gasteiger partial charge in [0.15, 0.2) is 5.96 Å². The number of hydrogen-bond acceptors (Lipinski definition) is 3. The van der Waals surface area contributed by atoms with Crippen molar-refractivity contribution in [3.05, 3.63) is 0 Å². The number of guanidine groups is 1. The van der Waals surface area contributed by atoms with Crippen molar-refractivity contribution in [2.24, 2.45) is 10.9 Å². The van der Waals surface area contributed by atoms with E-state index in [0.717, 1.165) is 44.5 Å². The fraction of sp³-hybridized carbons (Fsp3) is 0.941. The monoisotopic (exact) mass is 310 g/mol. The second-order valence-corrected chi connectivity index (χ2v) is 6.80. The van der Waals surface area contributed by atoms with Gasteiger partial charge in [0.05, 0.1) is 12.6 Å². The van der Waals surface area contributed by atoms with Crippen molar-refractivity contribution in [1.82, 2.24) is 15.5 Å². The van der Waals surface area contributed by atoms with Crippen LogP contribution in [0.2, 0.25) is 0 Å². The van der Waals surface area contributed by atoms with Gasteiger partial charge in [0, 0.05) is 25.7 Å². The Labute approximate surface area is 135 Å². The normalized spacial score (nSPS) is 26.1. The number of aliphatic imine (C=N–C) groups is 1. The van der Waals surface area contributed by atoms with Crippen molar-refractivity contribution in [3.63, 3.8) is 0 Å². The molecule has 0 aromatic carbocycles. The SMILES string of the molecule is CCNC(=NCC(C)N1CCC(C)CC1)NCC1CCCO1. The van der Waals surface area contributed by atoms with Gasteiger partial charge in [-0.25, -0.2) is 0 Å². The van der Waals surface area contributed by atoms with Crippen LogP contribution in [0.3, 0.4) is 0 Å². The molecule has 2 atom stereocenters. The van der Waals surface area contributed by atoms with E-state index >= 15 is 0 Å². The van der Waals surface area contributed by atoms with Gasteiger partial charge in [-0.3, -0.25) is 9.89 Å². The quantitative estimate of drug-likeness (QED) is 0.580. The maximum atomic E-state index is 5.66. The molecule has 0 bridgehead atoms. The predicted molar refractivity (Wildman–Crippen MR) is 92.4 cm³/mol. The van der Waals surface area contributed by atoms with Crippen molar-refractivity contribution in [3.8, 4) is 0 Å². The minimum atomic E-state index is 0.352. The molecule has 0 spiro atoms. The smallest absolute Gasteiger partial charge is 0.191 e. The van der Waals surface area contributed by atoms with Crippen molar-refractivity contribution < 1.29 is 4.74 Å². The highest BCUT2D eigenvalue weighted by Crippen LogP contribution is 2.18. The first kappa shape index (κ1) is 17.5. The Morgan fingerprint density at radius 1 is 1.27 bits per heavy atom. The second kappa shape index (κ2) is 9.36. The molecule has 0 radical (unpaired) electrons. The van der Waals surface area contributed by atoms with Crippen LogP contribution in [0.5, 0.6) is 0 Å². The minimum absolute atomic E-state index is 0.352. The molecule has 5 nitrogen and oxygen atoms in total. The highest BCUT2D eigenvalue weighted by molar-refractivity contribution is 5.79. The van der Waals surface area contributed by atoms with Crippen molar-refractivity contribution in [1.29, 1.82) is 0 Å². The molecule has 2 rings (SSSR count). The molecule has 2 heterocycles. The topological polar surface area (TPSA) is 48.9 Å². The van der Waals surface area contributed by atoms with Crippen LogP contribution in [0.1, 0.15) is 46.5 Å². The van der Waals surface area contributed by atoms with Gasteiger partial charge in [0.1, 0.15) is 0 Å². The summed E-state index contributed by atoms with van der Waals surface area (Å²) >= 11 is 0. The summed E-state index contributed by atoms with van der Waals surface area (Å²) in [5.41, 5.74) is 0. The Hall–Kier alpha value is -0.810. The lowest BCUT2D eigenvalue weighted by molar-refractivity contribution is 0.113. The first-order chi connectivity index (χ1) is 10.7. The van der Waals surface area contributed by atoms with E-state index in [1.54, 1.807) is 0 Å². The molecule has 2 aliphatic heterocycles. The zero-order valence-corrected chi connectivity index (χ0v) is 14.6. The van der Waals surface area contributed by atoms with Gasteiger partial charge in [0.25, 0.3) is 0 Å². The van der Waals surface area contributed by atoms with Crippen molar-refractivity contribution >= 4 is 5.96 Å². The fourth-order valence-electron chi connectivity index (χ4n) is 3.17. The number of likely N-dealkylation sites (tertiary alicyclic amines) is 1. The van der Waals surface area contributed by atoms with Crippen molar-refractivity contribution in [2.45, 2.75) is 58.6 Å². The maximum Gasteiger partial charge on any atom is 0.191 e. The molecular weight excluding hydrogens is 276 g/mol. The summed E-state index contributed by atoms with van der Waals surface area (Å²) in [5.74, 6) is 1.81. The van der Waals surface area contributed by atoms with E-state index in [-0.39, 0.29) is 0 Å². The van der Waals surface area contributed by atoms with Crippen molar-refractivity contribution in [2.75, 3.05) is 39.3 Å². The molecule has 22 heavy (non-hydrogen) atoms. The average Bonchev–Trinajstić information content (AvgIpc) is 3.04. The van der Waals surface area contributed by atoms with Gasteiger partial charge in [-0.1, -0.05) is 6.92 Å². The molecule has 0 saturated carbocycles. The van der Waals surface area contributed by atoms with Crippen LogP contribution in [0.25, 0.3) is 0 Å². The van der Waals surface area contributed by atoms with Crippen LogP contribution in [0.15, 0.2) is 4.99 Å². The number of nitrogens with one attached hydrogen (secondary N) is 2. The molecule has 2 aliphatic rings. The molecule has 128 valence electrons. The molecular formula is C17H34N4O. The Morgan fingerprint density at radius 2 is 2.05 bits per heavy atom. The van der Waals surface area contributed by atoms with Gasteiger partial charge in [0.2, 0.25) is 0 Å². The second-order valence-electron chi connectivity index (χ2n) is 6.80. The van der Waals surface area contributed by atoms with Crippen LogP contribution >= 0.6 is 0 Å². The molecule has 0 aliphatic carbocycles. The van der Waals surface area contributed by atoms with Gasteiger partial charge in [-0.15, -0.1) is 0 Å². The molecule has 0 aromatic rings. The number of nitrogens with zero attached hydrogens (tertiary/aromatic N) is 2. The fourth-order valence-corrected chi connectivity index (χ4v) is 3.17. The zero-order valence-electron chi connectivity index (χ0n) is 14.6. The summed E-state index contributed by atoms with van der Waals surface area (Å²) in [4.78, 5) is 7.34. The Bertz CT molecular complexity index is 334. The highest BCUT2D eigenvalue weighted by atomic mass is 16.5. The molecule has 0 aromatic heterocycles. The van der Waals surface area contributed by atoms with Gasteiger partial charge in [-0.05, 0) is 58.5 Å². The van der Waals surface area contributed by atoms with E-state index in [1.807, 2.05) is 0 Å². The minimum Gasteiger partial charge on any atom is -0.376 e. The molecule has 5 heteroatoms. The molecule has 2 saturated heterocycles. The third-order valence-electron chi connectivity index (χ3n) is 4.82. The zero-order chi connectivity index (χ0) is 15.8. The third-order valence-corrected chi connectivity index (χ3v) is 4.82. The van der Waals surface area contributed by atoms with E-state index in [9.17, 15) is 0 Å². The van der Waals surface area contributed by atoms with E-state index in [4.69, 9.17) is 9.73 Å². The lowest BCUT2D eigenvalue weighted by Crippen LogP contribution is -2.44. The summed E-state index contributed by atoms with van der Waals surface area (Å²) in [7, 11) is 0. The number of rotatable bonds is 6. The lowest BCUT2D eigenvalue weighted by atomic mass is 9.98. The summed E-state index contributed by atoms with van der Waals surface area (Å²) < 4.78 is 5.66. The summed E-state index contributed by atoms with van der Waals surface area (Å²) in [6.07, 6.45) is 5.35. The summed E-state index contributed by atoms with van der Waals surface area (Å²) in [6, 6.07) is 0.519. The standard InChI is InChI=1S/C17H34N4O/c1-4-18-17(20-13-16-6-5-11-22-16)19-12-15(3)21-9-7-14(2)8-10-21/h14-16H,4-13H2,1-3H3,(H2,18,19,20). The number of piperidine rings is 1. The molecule has 2 N–H and O–H groups in total. The molecule has 0 amide bonds. The van der Waals surface area contributed by atoms with Gasteiger partial charge >= 0.3 is 0 Å². The van der Waals surface area contributed by atoms with E-state index in [1.165, 1.54) is 32.4 Å². The van der Waals surface area contributed by atoms with Gasteiger partial charge < -0.3 is 15.4 Å². The summed E-state index contributed by atoms with van der Waals surface area (Å²) in [5, 5.41) is 6.76. The Morgan fingerprint density at radius 3 is 2.68 bits per heavy atom. The molecule has 2 unspecified atom stereocenters. The number of hydrogen-bond donors (Lipinski definition) is 2. The lowest BCUT2D eigenvalue weighted by Gasteiger charge is -2.34. The highest BCUT2D eigenvalue weighted by Gasteiger charge is 2.20. The van der Waals surface area contributed by atoms with E-state index < -0.39 is 0 Å². The van der Waals surface area contributed by atoms with Crippen LogP contribution in [-0.4, -0.2) is 62.3 Å². The van der Waals surface area contributed by atoms with Crippen LogP contribution in [-0.2, 0) is 4.74 Å². The third kappa shape index (κ3) is 5.76. The van der Waals surface area contributed by atoms with Crippen LogP contribution in [0, 0.1) is 5.92 Å². The van der Waals surface area contributed by atoms with Crippen LogP contribution in [0.4, 0.5) is 0 Å². The Balaban J connectivity index is 1.75. The van der Waals surface area contributed by atoms with Gasteiger partial charge in [-0.2, -0.15) is 0 Å². The Kier molecular flexibility index (Phi) is 7.46. The summed E-state index contributed by atoms with van der Waals surface area (Å²) in [6.45, 7) is 12.7. The first-order valence-electron chi connectivity index (χ1n) is 9.07. The van der Waals surface area contributed by atoms with E-state index in [2.05, 4.69) is 36.3 Å². The first-order valence-corrected chi connectivity index (χ1v) is 9.07. The largest absolute Gasteiger partial charge is 0.376 e. The van der Waals surface area contributed by atoms with Crippen LogP contribution < -0.4 is 10.6 Å².